The Bertz CT molecular complexity index is 735. The van der Waals surface area contributed by atoms with Crippen LogP contribution < -0.4 is 5.56 Å². The molecule has 0 amide bonds. The molecule has 3 rings (SSSR count). The van der Waals surface area contributed by atoms with E-state index in [-0.39, 0.29) is 5.56 Å². The van der Waals surface area contributed by atoms with E-state index in [2.05, 4.69) is 15.0 Å². The van der Waals surface area contributed by atoms with Crippen LogP contribution >= 0.6 is 0 Å². The minimum absolute atomic E-state index is 0.146. The highest BCUT2D eigenvalue weighted by Gasteiger charge is 2.02. The molecule has 0 radical (unpaired) electrons. The highest BCUT2D eigenvalue weighted by Crippen LogP contribution is 2.08. The van der Waals surface area contributed by atoms with Crippen molar-refractivity contribution in [3.63, 3.8) is 0 Å². The smallest absolute Gasteiger partial charge is 0.249 e. The number of benzene rings is 1. The van der Waals surface area contributed by atoms with Gasteiger partial charge in [0.05, 0.1) is 0 Å². The second-order valence-electron chi connectivity index (χ2n) is 4.08. The molecule has 1 N–H and O–H groups in total. The van der Waals surface area contributed by atoms with Gasteiger partial charge in [0.15, 0.2) is 0 Å². The summed E-state index contributed by atoms with van der Waals surface area (Å²) in [6, 6.07) is 13.2. The van der Waals surface area contributed by atoms with Crippen molar-refractivity contribution in [3.8, 4) is 0 Å². The molecule has 0 fully saturated rings. The lowest BCUT2D eigenvalue weighted by Crippen LogP contribution is -2.06. The molecule has 0 aliphatic heterocycles. The Hall–Kier alpha value is -2.49. The SMILES string of the molecule is O=c1ccc2cnc(Cc3ccccc3)nc2[nH]1. The molecule has 1 aromatic carbocycles. The lowest BCUT2D eigenvalue weighted by Gasteiger charge is -2.02. The normalized spacial score (nSPS) is 10.7. The summed E-state index contributed by atoms with van der Waals surface area (Å²) in [6.07, 6.45) is 2.39. The zero-order chi connectivity index (χ0) is 12.4. The van der Waals surface area contributed by atoms with Crippen LogP contribution in [0.5, 0.6) is 0 Å². The Morgan fingerprint density at radius 1 is 1.06 bits per heavy atom. The Morgan fingerprint density at radius 3 is 2.72 bits per heavy atom. The van der Waals surface area contributed by atoms with Crippen LogP contribution in [-0.2, 0) is 6.42 Å². The first-order valence-electron chi connectivity index (χ1n) is 5.70. The van der Waals surface area contributed by atoms with Crippen molar-refractivity contribution in [1.82, 2.24) is 15.0 Å². The summed E-state index contributed by atoms with van der Waals surface area (Å²) in [4.78, 5) is 22.6. The van der Waals surface area contributed by atoms with E-state index < -0.39 is 0 Å². The van der Waals surface area contributed by atoms with Crippen LogP contribution in [0.3, 0.4) is 0 Å². The summed E-state index contributed by atoms with van der Waals surface area (Å²) in [7, 11) is 0. The van der Waals surface area contributed by atoms with Gasteiger partial charge in [-0.15, -0.1) is 0 Å². The lowest BCUT2D eigenvalue weighted by molar-refractivity contribution is 0.980. The fraction of sp³-hybridized carbons (Fsp3) is 0.0714. The number of rotatable bonds is 2. The predicted octanol–water partition coefficient (Wildman–Crippen LogP) is 1.91. The van der Waals surface area contributed by atoms with Crippen LogP contribution in [0.1, 0.15) is 11.4 Å². The van der Waals surface area contributed by atoms with Crippen LogP contribution in [0.25, 0.3) is 11.0 Å². The number of H-pyrrole nitrogens is 1. The minimum atomic E-state index is -0.146. The molecule has 4 heteroatoms. The minimum Gasteiger partial charge on any atom is -0.306 e. The number of nitrogens with zero attached hydrogens (tertiary/aromatic N) is 2. The fourth-order valence-electron chi connectivity index (χ4n) is 1.84. The molecule has 2 heterocycles. The predicted molar refractivity (Wildman–Crippen MR) is 69.4 cm³/mol. The summed E-state index contributed by atoms with van der Waals surface area (Å²) in [5, 5.41) is 0.839. The van der Waals surface area contributed by atoms with Crippen molar-refractivity contribution in [2.24, 2.45) is 0 Å². The van der Waals surface area contributed by atoms with Gasteiger partial charge in [0.25, 0.3) is 0 Å². The number of aromatic amines is 1. The summed E-state index contributed by atoms with van der Waals surface area (Å²) >= 11 is 0. The molecular weight excluding hydrogens is 226 g/mol. The van der Waals surface area contributed by atoms with Crippen LogP contribution in [0, 0.1) is 0 Å². The molecule has 0 bridgehead atoms. The van der Waals surface area contributed by atoms with E-state index in [0.717, 1.165) is 10.9 Å². The molecular formula is C14H11N3O. The summed E-state index contributed by atoms with van der Waals surface area (Å²) in [5.41, 5.74) is 1.59. The van der Waals surface area contributed by atoms with Gasteiger partial charge >= 0.3 is 0 Å². The van der Waals surface area contributed by atoms with Crippen LogP contribution in [-0.4, -0.2) is 15.0 Å². The Balaban J connectivity index is 2.00. The van der Waals surface area contributed by atoms with Crippen LogP contribution in [0.4, 0.5) is 0 Å². The molecule has 4 nitrogen and oxygen atoms in total. The van der Waals surface area contributed by atoms with E-state index in [0.29, 0.717) is 17.9 Å². The Morgan fingerprint density at radius 2 is 1.89 bits per heavy atom. The van der Waals surface area contributed by atoms with E-state index in [9.17, 15) is 4.79 Å². The third-order valence-electron chi connectivity index (χ3n) is 2.73. The standard InChI is InChI=1S/C14H11N3O/c18-13-7-6-11-9-15-12(16-14(11)17-13)8-10-4-2-1-3-5-10/h1-7,9H,8H2,(H,15,16,17,18). The van der Waals surface area contributed by atoms with Crippen molar-refractivity contribution in [2.45, 2.75) is 6.42 Å². The van der Waals surface area contributed by atoms with Gasteiger partial charge in [-0.25, -0.2) is 9.97 Å². The lowest BCUT2D eigenvalue weighted by atomic mass is 10.1. The molecule has 0 aliphatic rings. The number of hydrogen-bond acceptors (Lipinski definition) is 3. The van der Waals surface area contributed by atoms with Crippen LogP contribution in [0.2, 0.25) is 0 Å². The highest BCUT2D eigenvalue weighted by molar-refractivity contribution is 5.72. The zero-order valence-electron chi connectivity index (χ0n) is 9.63. The third kappa shape index (κ3) is 2.13. The first-order valence-corrected chi connectivity index (χ1v) is 5.70. The van der Waals surface area contributed by atoms with E-state index in [1.807, 2.05) is 30.3 Å². The topological polar surface area (TPSA) is 58.6 Å². The number of pyridine rings is 1. The van der Waals surface area contributed by atoms with Crippen molar-refractivity contribution in [1.29, 1.82) is 0 Å². The quantitative estimate of drug-likeness (QED) is 0.740. The molecule has 0 aliphatic carbocycles. The maximum Gasteiger partial charge on any atom is 0.249 e. The molecule has 0 spiro atoms. The van der Waals surface area contributed by atoms with Gasteiger partial charge in [0.1, 0.15) is 11.5 Å². The monoisotopic (exact) mass is 237 g/mol. The average molecular weight is 237 g/mol. The van der Waals surface area contributed by atoms with Crippen LogP contribution in [0.15, 0.2) is 53.5 Å². The number of nitrogens with one attached hydrogen (secondary N) is 1. The van der Waals surface area contributed by atoms with Gasteiger partial charge in [-0.1, -0.05) is 30.3 Å². The highest BCUT2D eigenvalue weighted by atomic mass is 16.1. The Labute approximate surface area is 103 Å². The second kappa shape index (κ2) is 4.41. The molecule has 0 unspecified atom stereocenters. The Kier molecular flexibility index (Phi) is 2.61. The van der Waals surface area contributed by atoms with Gasteiger partial charge in [0, 0.05) is 24.1 Å². The summed E-state index contributed by atoms with van der Waals surface area (Å²) < 4.78 is 0. The molecule has 0 atom stereocenters. The molecule has 18 heavy (non-hydrogen) atoms. The first kappa shape index (κ1) is 10.7. The van der Waals surface area contributed by atoms with E-state index in [1.165, 1.54) is 6.07 Å². The second-order valence-corrected chi connectivity index (χ2v) is 4.08. The number of hydrogen-bond donors (Lipinski definition) is 1. The van der Waals surface area contributed by atoms with Gasteiger partial charge in [-0.3, -0.25) is 4.79 Å². The van der Waals surface area contributed by atoms with Gasteiger partial charge in [-0.05, 0) is 11.6 Å². The van der Waals surface area contributed by atoms with E-state index in [1.54, 1.807) is 12.3 Å². The fourth-order valence-corrected chi connectivity index (χ4v) is 1.84. The molecule has 0 saturated heterocycles. The molecule has 2 aromatic heterocycles. The first-order chi connectivity index (χ1) is 8.81. The molecule has 0 saturated carbocycles. The summed E-state index contributed by atoms with van der Waals surface area (Å²) in [6.45, 7) is 0. The number of fused-ring (bicyclic) bond motifs is 1. The van der Waals surface area contributed by atoms with Crippen molar-refractivity contribution in [2.75, 3.05) is 0 Å². The van der Waals surface area contributed by atoms with Gasteiger partial charge in [0.2, 0.25) is 5.56 Å². The van der Waals surface area contributed by atoms with Crippen molar-refractivity contribution >= 4 is 11.0 Å². The summed E-state index contributed by atoms with van der Waals surface area (Å²) in [5.74, 6) is 0.704. The largest absolute Gasteiger partial charge is 0.306 e. The van der Waals surface area contributed by atoms with Crippen molar-refractivity contribution in [3.05, 3.63) is 70.4 Å². The molecule has 88 valence electrons. The average Bonchev–Trinajstić information content (AvgIpc) is 2.39. The maximum atomic E-state index is 11.2. The zero-order valence-corrected chi connectivity index (χ0v) is 9.63. The maximum absolute atomic E-state index is 11.2. The van der Waals surface area contributed by atoms with Gasteiger partial charge < -0.3 is 4.98 Å². The third-order valence-corrected chi connectivity index (χ3v) is 2.73. The number of aromatic nitrogens is 3. The van der Waals surface area contributed by atoms with E-state index >= 15 is 0 Å². The van der Waals surface area contributed by atoms with E-state index in [4.69, 9.17) is 0 Å². The van der Waals surface area contributed by atoms with Crippen molar-refractivity contribution < 1.29 is 0 Å². The van der Waals surface area contributed by atoms with Gasteiger partial charge in [-0.2, -0.15) is 0 Å². The molecule has 3 aromatic rings.